The van der Waals surface area contributed by atoms with Crippen LogP contribution in [0.3, 0.4) is 0 Å². The Morgan fingerprint density at radius 2 is 1.58 bits per heavy atom. The molecule has 0 spiro atoms. The Bertz CT molecular complexity index is 788. The van der Waals surface area contributed by atoms with Crippen molar-refractivity contribution in [2.45, 2.75) is 43.9 Å². The molecule has 0 unspecified atom stereocenters. The van der Waals surface area contributed by atoms with Gasteiger partial charge in [0.2, 0.25) is 0 Å². The first-order valence-corrected chi connectivity index (χ1v) is 10.3. The second-order valence-corrected chi connectivity index (χ2v) is 8.30. The van der Waals surface area contributed by atoms with E-state index in [0.717, 1.165) is 6.92 Å². The van der Waals surface area contributed by atoms with E-state index in [1.54, 1.807) is 52.9 Å². The van der Waals surface area contributed by atoms with Crippen LogP contribution in [0.1, 0.15) is 18.9 Å². The van der Waals surface area contributed by atoms with E-state index in [9.17, 15) is 44.3 Å². The van der Waals surface area contributed by atoms with Gasteiger partial charge in [0.25, 0.3) is 5.91 Å². The van der Waals surface area contributed by atoms with Crippen LogP contribution >= 0.6 is 22.6 Å². The van der Waals surface area contributed by atoms with Gasteiger partial charge in [0, 0.05) is 16.8 Å². The molecule has 0 aliphatic carbocycles. The molecule has 31 heavy (non-hydrogen) atoms. The molecule has 13 heteroatoms. The van der Waals surface area contributed by atoms with Gasteiger partial charge in [-0.2, -0.15) is 39.5 Å². The molecule has 3 nitrogen and oxygen atoms in total. The third kappa shape index (κ3) is 4.62. The van der Waals surface area contributed by atoms with Gasteiger partial charge in [-0.25, -0.2) is 5.06 Å². The third-order valence-corrected chi connectivity index (χ3v) is 6.28. The molecule has 1 aromatic rings. The van der Waals surface area contributed by atoms with Crippen LogP contribution in [0.2, 0.25) is 0 Å². The Morgan fingerprint density at radius 1 is 1.03 bits per heavy atom. The molecule has 176 valence electrons. The van der Waals surface area contributed by atoms with Crippen molar-refractivity contribution in [1.82, 2.24) is 5.06 Å². The molecular formula is C18H17F9INO2. The highest BCUT2D eigenvalue weighted by Gasteiger charge is 2.82. The normalized spacial score (nSPS) is 23.5. The Morgan fingerprint density at radius 3 is 2.06 bits per heavy atom. The molecule has 1 heterocycles. The second kappa shape index (κ2) is 8.60. The molecule has 1 aliphatic heterocycles. The third-order valence-electron chi connectivity index (χ3n) is 5.22. The van der Waals surface area contributed by atoms with E-state index in [1.165, 1.54) is 0 Å². The predicted molar refractivity (Wildman–Crippen MR) is 98.9 cm³/mol. The summed E-state index contributed by atoms with van der Waals surface area (Å²) in [5.74, 6) is -21.9. The molecular weight excluding hydrogens is 560 g/mol. The van der Waals surface area contributed by atoms with Crippen LogP contribution in [0.15, 0.2) is 30.3 Å². The minimum absolute atomic E-state index is 0.0392. The van der Waals surface area contributed by atoms with Crippen molar-refractivity contribution in [3.63, 3.8) is 0 Å². The molecule has 1 amide bonds. The van der Waals surface area contributed by atoms with Gasteiger partial charge in [0.15, 0.2) is 0 Å². The van der Waals surface area contributed by atoms with E-state index in [1.807, 2.05) is 0 Å². The minimum atomic E-state index is -7.00. The fraction of sp³-hybridized carbons (Fsp3) is 0.611. The number of nitrogens with zero attached hydrogens (tertiary/aromatic N) is 1. The summed E-state index contributed by atoms with van der Waals surface area (Å²) in [6.45, 7) is 0.345. The quantitative estimate of drug-likeness (QED) is 0.220. The number of carbonyl (C=O) groups excluding carboxylic acids is 1. The highest BCUT2D eigenvalue weighted by Crippen LogP contribution is 2.57. The molecule has 0 aromatic heterocycles. The van der Waals surface area contributed by atoms with Gasteiger partial charge in [-0.05, 0) is 5.56 Å². The predicted octanol–water partition coefficient (Wildman–Crippen LogP) is 5.88. The van der Waals surface area contributed by atoms with Crippen LogP contribution in [0, 0.1) is 11.3 Å². The summed E-state index contributed by atoms with van der Waals surface area (Å²) >= 11 is 1.68. The van der Waals surface area contributed by atoms with Gasteiger partial charge in [0.05, 0.1) is 12.0 Å². The second-order valence-electron chi connectivity index (χ2n) is 7.42. The zero-order valence-corrected chi connectivity index (χ0v) is 18.0. The number of hydroxylamine groups is 2. The molecule has 0 bridgehead atoms. The highest BCUT2D eigenvalue weighted by molar-refractivity contribution is 14.1. The monoisotopic (exact) mass is 577 g/mol. The van der Waals surface area contributed by atoms with Crippen LogP contribution in [0.5, 0.6) is 0 Å². The van der Waals surface area contributed by atoms with E-state index in [4.69, 9.17) is 4.84 Å². The lowest BCUT2D eigenvalue weighted by atomic mass is 9.74. The maximum Gasteiger partial charge on any atom is 0.460 e. The van der Waals surface area contributed by atoms with Crippen molar-refractivity contribution in [2.24, 2.45) is 11.3 Å². The summed E-state index contributed by atoms with van der Waals surface area (Å²) < 4.78 is 119. The number of rotatable bonds is 8. The van der Waals surface area contributed by atoms with E-state index in [-0.39, 0.29) is 17.6 Å². The smallest absolute Gasteiger partial charge is 0.272 e. The zero-order chi connectivity index (χ0) is 23.9. The molecule has 0 N–H and O–H groups in total. The lowest BCUT2D eigenvalue weighted by Gasteiger charge is -2.38. The van der Waals surface area contributed by atoms with Crippen molar-refractivity contribution in [3.05, 3.63) is 35.9 Å². The Kier molecular flexibility index (Phi) is 7.21. The number of benzene rings is 1. The van der Waals surface area contributed by atoms with Gasteiger partial charge in [0.1, 0.15) is 6.61 Å². The number of hydrogen-bond donors (Lipinski definition) is 0. The largest absolute Gasteiger partial charge is 0.460 e. The van der Waals surface area contributed by atoms with Crippen molar-refractivity contribution < 1.29 is 49.1 Å². The van der Waals surface area contributed by atoms with Gasteiger partial charge in [-0.3, -0.25) is 9.63 Å². The van der Waals surface area contributed by atoms with Crippen LogP contribution in [-0.2, 0) is 16.2 Å². The fourth-order valence-corrected chi connectivity index (χ4v) is 4.45. The van der Waals surface area contributed by atoms with E-state index < -0.39 is 47.6 Å². The SMILES string of the molecule is C[C@@]1(CC(F)(F)C(F)(F)C(F)(F)C(F)(F)F)C(=O)N(OCc2ccccc2)C[C@H]1CI. The Labute approximate surface area is 185 Å². The Balaban J connectivity index is 2.27. The maximum absolute atomic E-state index is 14.2. The summed E-state index contributed by atoms with van der Waals surface area (Å²) in [6.07, 6.45) is -9.12. The van der Waals surface area contributed by atoms with Crippen LogP contribution in [0.4, 0.5) is 39.5 Å². The average molecular weight is 577 g/mol. The van der Waals surface area contributed by atoms with Crippen molar-refractivity contribution in [3.8, 4) is 0 Å². The highest BCUT2D eigenvalue weighted by atomic mass is 127. The molecule has 0 radical (unpaired) electrons. The van der Waals surface area contributed by atoms with Crippen LogP contribution < -0.4 is 0 Å². The van der Waals surface area contributed by atoms with E-state index >= 15 is 0 Å². The number of halogens is 10. The molecule has 0 saturated carbocycles. The van der Waals surface area contributed by atoms with Gasteiger partial charge < -0.3 is 0 Å². The molecule has 1 aromatic carbocycles. The average Bonchev–Trinajstić information content (AvgIpc) is 2.89. The van der Waals surface area contributed by atoms with E-state index in [0.29, 0.717) is 10.6 Å². The van der Waals surface area contributed by atoms with Crippen molar-refractivity contribution in [1.29, 1.82) is 0 Å². The minimum Gasteiger partial charge on any atom is -0.272 e. The lowest BCUT2D eigenvalue weighted by Crippen LogP contribution is -2.62. The maximum atomic E-state index is 14.2. The number of carbonyl (C=O) groups is 1. The van der Waals surface area contributed by atoms with Gasteiger partial charge in [-0.1, -0.05) is 59.8 Å². The molecule has 2 atom stereocenters. The van der Waals surface area contributed by atoms with Crippen molar-refractivity contribution in [2.75, 3.05) is 11.0 Å². The summed E-state index contributed by atoms with van der Waals surface area (Å²) in [7, 11) is 0. The topological polar surface area (TPSA) is 29.5 Å². The first-order chi connectivity index (χ1) is 14.0. The standard InChI is InChI=1S/C18H17F9INO2/c1-14(10-15(19,20)16(21,22)17(23,24)18(25,26)27)12(7-28)8-29(13(14)30)31-9-11-5-3-2-4-6-11/h2-6,12H,7-10H2,1H3/t12-,14+/m1/s1. The summed E-state index contributed by atoms with van der Waals surface area (Å²) in [4.78, 5) is 17.9. The molecule has 1 fully saturated rings. The first-order valence-electron chi connectivity index (χ1n) is 8.76. The summed E-state index contributed by atoms with van der Waals surface area (Å²) in [5, 5.41) is 0.659. The fourth-order valence-electron chi connectivity index (χ4n) is 3.20. The molecule has 2 rings (SSSR count). The van der Waals surface area contributed by atoms with Gasteiger partial charge in [-0.15, -0.1) is 0 Å². The number of amides is 1. The number of hydrogen-bond acceptors (Lipinski definition) is 2. The number of alkyl halides is 10. The summed E-state index contributed by atoms with van der Waals surface area (Å²) in [5.41, 5.74) is -1.76. The first kappa shape index (κ1) is 26.0. The van der Waals surface area contributed by atoms with Crippen LogP contribution in [0.25, 0.3) is 0 Å². The van der Waals surface area contributed by atoms with Gasteiger partial charge >= 0.3 is 23.9 Å². The molecule has 1 aliphatic rings. The van der Waals surface area contributed by atoms with Crippen molar-refractivity contribution >= 4 is 28.5 Å². The summed E-state index contributed by atoms with van der Waals surface area (Å²) in [6, 6.07) is 8.27. The van der Waals surface area contributed by atoms with E-state index in [2.05, 4.69) is 0 Å². The Hall–Kier alpha value is -1.25. The van der Waals surface area contributed by atoms with Crippen LogP contribution in [-0.4, -0.2) is 45.9 Å². The lowest BCUT2D eigenvalue weighted by molar-refractivity contribution is -0.398. The molecule has 1 saturated heterocycles. The zero-order valence-electron chi connectivity index (χ0n) is 15.8.